The number of benzene rings is 2. The minimum atomic E-state index is -3.50. The quantitative estimate of drug-likeness (QED) is 0.381. The van der Waals surface area contributed by atoms with Gasteiger partial charge in [-0.05, 0) is 53.6 Å². The number of carbonyl (C=O) groups excluding carboxylic acids is 1. The molecule has 1 saturated heterocycles. The molecule has 6 nitrogen and oxygen atoms in total. The highest BCUT2D eigenvalue weighted by Crippen LogP contribution is 2.44. The van der Waals surface area contributed by atoms with Crippen molar-refractivity contribution in [2.45, 2.75) is 57.2 Å². The summed E-state index contributed by atoms with van der Waals surface area (Å²) in [6, 6.07) is 13.9. The van der Waals surface area contributed by atoms with Crippen LogP contribution in [-0.4, -0.2) is 37.2 Å². The van der Waals surface area contributed by atoms with E-state index >= 15 is 0 Å². The zero-order chi connectivity index (χ0) is 26.6. The van der Waals surface area contributed by atoms with Crippen LogP contribution >= 0.6 is 23.2 Å². The molecule has 2 aromatic rings. The maximum Gasteiger partial charge on any atom is 0.304 e. The number of sulfone groups is 1. The smallest absolute Gasteiger partial charge is 0.304 e. The molecule has 0 aliphatic carbocycles. The van der Waals surface area contributed by atoms with Crippen LogP contribution in [-0.2, 0) is 19.4 Å². The molecule has 2 N–H and O–H groups in total. The topological polar surface area (TPSA) is 101 Å². The lowest BCUT2D eigenvalue weighted by molar-refractivity contribution is -0.142. The molecule has 1 heterocycles. The molecular formula is C27H33Cl2NO5S. The summed E-state index contributed by atoms with van der Waals surface area (Å²) < 4.78 is 26.8. The first-order chi connectivity index (χ1) is 17.0. The predicted molar refractivity (Wildman–Crippen MR) is 143 cm³/mol. The number of halogens is 2. The summed E-state index contributed by atoms with van der Waals surface area (Å²) in [5, 5.41) is 12.7. The van der Waals surface area contributed by atoms with Gasteiger partial charge >= 0.3 is 5.97 Å². The molecule has 0 radical (unpaired) electrons. The fourth-order valence-corrected chi connectivity index (χ4v) is 7.82. The highest BCUT2D eigenvalue weighted by Gasteiger charge is 2.45. The Morgan fingerprint density at radius 3 is 2.33 bits per heavy atom. The SMILES string of the molecule is CCC(C(C)[C@@H]1NC(=O)[C@@H](CC(=O)O)C[C@@H]1c1cccc(Cl)c1)[C@@H](c1ccc(Cl)cc1)S(=O)(=O)CC. The number of carbonyl (C=O) groups is 2. The minimum absolute atomic E-state index is 0.0149. The Morgan fingerprint density at radius 1 is 1.11 bits per heavy atom. The van der Waals surface area contributed by atoms with Crippen LogP contribution in [0.25, 0.3) is 0 Å². The summed E-state index contributed by atoms with van der Waals surface area (Å²) in [6.07, 6.45) is 0.649. The largest absolute Gasteiger partial charge is 0.481 e. The number of amides is 1. The first-order valence-corrected chi connectivity index (χ1v) is 14.7. The Balaban J connectivity index is 2.06. The Labute approximate surface area is 223 Å². The van der Waals surface area contributed by atoms with Gasteiger partial charge in [-0.3, -0.25) is 9.59 Å². The third-order valence-electron chi connectivity index (χ3n) is 7.44. The zero-order valence-electron chi connectivity index (χ0n) is 20.7. The number of carboxylic acid groups (broad SMARTS) is 1. The Bertz CT molecular complexity index is 1180. The molecule has 196 valence electrons. The molecule has 0 saturated carbocycles. The second-order valence-corrected chi connectivity index (χ2v) is 12.9. The Kier molecular flexibility index (Phi) is 9.47. The standard InChI is InChI=1S/C27H33Cl2NO5S/c1-4-22(26(36(34,35)5-2)17-9-11-20(28)12-10-17)16(3)25-23(18-7-6-8-21(29)13-18)14-19(15-24(31)32)27(33)30-25/h6-13,16,19,22-23,25-26H,4-5,14-15H2,1-3H3,(H,30,33)(H,31,32)/t16?,19-,22?,23-,25+,26-/m1/s1. The molecule has 3 rings (SSSR count). The normalized spacial score (nSPS) is 22.9. The monoisotopic (exact) mass is 553 g/mol. The summed E-state index contributed by atoms with van der Waals surface area (Å²) in [7, 11) is -3.50. The van der Waals surface area contributed by atoms with Gasteiger partial charge in [0.1, 0.15) is 0 Å². The first kappa shape index (κ1) is 28.5. The molecule has 36 heavy (non-hydrogen) atoms. The Morgan fingerprint density at radius 2 is 1.78 bits per heavy atom. The van der Waals surface area contributed by atoms with Gasteiger partial charge in [0, 0.05) is 33.7 Å². The van der Waals surface area contributed by atoms with E-state index in [0.29, 0.717) is 28.5 Å². The van der Waals surface area contributed by atoms with Crippen LogP contribution in [0, 0.1) is 17.8 Å². The highest BCUT2D eigenvalue weighted by atomic mass is 35.5. The molecule has 1 aliphatic heterocycles. The fourth-order valence-electron chi connectivity index (χ4n) is 5.59. The van der Waals surface area contributed by atoms with Gasteiger partial charge < -0.3 is 10.4 Å². The van der Waals surface area contributed by atoms with E-state index in [-0.39, 0.29) is 35.8 Å². The molecule has 0 bridgehead atoms. The summed E-state index contributed by atoms with van der Waals surface area (Å²) in [6.45, 7) is 5.58. The van der Waals surface area contributed by atoms with Gasteiger partial charge in [-0.1, -0.05) is 74.7 Å². The van der Waals surface area contributed by atoms with Crippen LogP contribution in [0.5, 0.6) is 0 Å². The molecule has 0 spiro atoms. The minimum Gasteiger partial charge on any atom is -0.481 e. The van der Waals surface area contributed by atoms with E-state index in [2.05, 4.69) is 5.32 Å². The number of hydrogen-bond donors (Lipinski definition) is 2. The van der Waals surface area contributed by atoms with Crippen LogP contribution in [0.15, 0.2) is 48.5 Å². The van der Waals surface area contributed by atoms with E-state index < -0.39 is 33.0 Å². The van der Waals surface area contributed by atoms with Crippen molar-refractivity contribution in [1.29, 1.82) is 0 Å². The highest BCUT2D eigenvalue weighted by molar-refractivity contribution is 7.91. The average molecular weight is 555 g/mol. The lowest BCUT2D eigenvalue weighted by atomic mass is 9.70. The second-order valence-electron chi connectivity index (χ2n) is 9.58. The fraction of sp³-hybridized carbons (Fsp3) is 0.481. The van der Waals surface area contributed by atoms with E-state index in [0.717, 1.165) is 5.56 Å². The number of aliphatic carboxylic acids is 1. The van der Waals surface area contributed by atoms with Crippen LogP contribution in [0.3, 0.4) is 0 Å². The van der Waals surface area contributed by atoms with Crippen molar-refractivity contribution in [3.63, 3.8) is 0 Å². The first-order valence-electron chi connectivity index (χ1n) is 12.2. The third kappa shape index (κ3) is 6.42. The van der Waals surface area contributed by atoms with Crippen molar-refractivity contribution >= 4 is 44.9 Å². The Hall–Kier alpha value is -2.09. The van der Waals surface area contributed by atoms with Crippen LogP contribution in [0.2, 0.25) is 10.0 Å². The summed E-state index contributed by atoms with van der Waals surface area (Å²) in [4.78, 5) is 24.4. The number of rotatable bonds is 10. The van der Waals surface area contributed by atoms with Crippen molar-refractivity contribution in [1.82, 2.24) is 5.32 Å². The van der Waals surface area contributed by atoms with Gasteiger partial charge in [-0.15, -0.1) is 0 Å². The van der Waals surface area contributed by atoms with Crippen molar-refractivity contribution in [3.8, 4) is 0 Å². The maximum atomic E-state index is 13.4. The van der Waals surface area contributed by atoms with Crippen LogP contribution in [0.4, 0.5) is 0 Å². The van der Waals surface area contributed by atoms with E-state index in [4.69, 9.17) is 23.2 Å². The third-order valence-corrected chi connectivity index (χ3v) is 10.1. The van der Waals surface area contributed by atoms with Gasteiger partial charge in [-0.25, -0.2) is 8.42 Å². The second kappa shape index (κ2) is 12.0. The lowest BCUT2D eigenvalue weighted by Crippen LogP contribution is -2.53. The number of piperidine rings is 1. The molecule has 2 aromatic carbocycles. The van der Waals surface area contributed by atoms with Gasteiger partial charge in [0.05, 0.1) is 11.7 Å². The van der Waals surface area contributed by atoms with Crippen molar-refractivity contribution in [2.75, 3.05) is 5.75 Å². The molecule has 0 aromatic heterocycles. The van der Waals surface area contributed by atoms with E-state index in [9.17, 15) is 23.1 Å². The van der Waals surface area contributed by atoms with E-state index in [1.807, 2.05) is 32.0 Å². The molecule has 6 atom stereocenters. The molecule has 9 heteroatoms. The average Bonchev–Trinajstić information content (AvgIpc) is 2.83. The van der Waals surface area contributed by atoms with E-state index in [1.54, 1.807) is 37.3 Å². The zero-order valence-corrected chi connectivity index (χ0v) is 23.0. The summed E-state index contributed by atoms with van der Waals surface area (Å²) >= 11 is 12.4. The molecule has 2 unspecified atom stereocenters. The summed E-state index contributed by atoms with van der Waals surface area (Å²) in [5.41, 5.74) is 1.57. The van der Waals surface area contributed by atoms with Gasteiger partial charge in [0.15, 0.2) is 9.84 Å². The lowest BCUT2D eigenvalue weighted by Gasteiger charge is -2.43. The van der Waals surface area contributed by atoms with Crippen molar-refractivity contribution < 1.29 is 23.1 Å². The maximum absolute atomic E-state index is 13.4. The van der Waals surface area contributed by atoms with Crippen molar-refractivity contribution in [2.24, 2.45) is 17.8 Å². The molecule has 1 aliphatic rings. The van der Waals surface area contributed by atoms with E-state index in [1.165, 1.54) is 0 Å². The summed E-state index contributed by atoms with van der Waals surface area (Å²) in [5.74, 6) is -2.81. The molecule has 1 amide bonds. The molecule has 1 fully saturated rings. The van der Waals surface area contributed by atoms with Crippen molar-refractivity contribution in [3.05, 3.63) is 69.7 Å². The van der Waals surface area contributed by atoms with Crippen LogP contribution < -0.4 is 5.32 Å². The predicted octanol–water partition coefficient (Wildman–Crippen LogP) is 5.89. The van der Waals surface area contributed by atoms with Crippen LogP contribution in [0.1, 0.15) is 62.3 Å². The van der Waals surface area contributed by atoms with Gasteiger partial charge in [0.2, 0.25) is 5.91 Å². The van der Waals surface area contributed by atoms with Gasteiger partial charge in [0.25, 0.3) is 0 Å². The number of hydrogen-bond acceptors (Lipinski definition) is 4. The molecular weight excluding hydrogens is 521 g/mol. The number of nitrogens with one attached hydrogen (secondary N) is 1. The van der Waals surface area contributed by atoms with Gasteiger partial charge in [-0.2, -0.15) is 0 Å². The number of carboxylic acids is 1.